The molecule has 0 saturated carbocycles. The van der Waals surface area contributed by atoms with Crippen molar-refractivity contribution in [1.82, 2.24) is 19.5 Å². The molecular formula is C26H21N7O4. The van der Waals surface area contributed by atoms with E-state index in [2.05, 4.69) is 25.2 Å². The summed E-state index contributed by atoms with van der Waals surface area (Å²) in [6.45, 7) is 1.97. The number of fused-ring (bicyclic) bond motifs is 1. The number of nitrogens with one attached hydrogen (secondary N) is 1. The molecule has 0 spiro atoms. The number of benzene rings is 3. The molecule has 0 bridgehead atoms. The standard InChI is InChI=1S/C26H21N7O4/c1-14-8-10-15(11-9-14)31-32-16-12-18(22(34)19(13-16)37-2)24-28-20(23(27)35)21-25(30-24)33(26(36)29-21)17-6-4-3-5-7-17/h3-13,34H,1-2H3,(H2,27,35)(H,29,36). The maximum atomic E-state index is 12.8. The van der Waals surface area contributed by atoms with Gasteiger partial charge in [-0.1, -0.05) is 35.9 Å². The quantitative estimate of drug-likeness (QED) is 0.297. The summed E-state index contributed by atoms with van der Waals surface area (Å²) in [7, 11) is 1.39. The highest BCUT2D eigenvalue weighted by Crippen LogP contribution is 2.40. The van der Waals surface area contributed by atoms with Crippen LogP contribution in [0.3, 0.4) is 0 Å². The number of aryl methyl sites for hydroxylation is 1. The lowest BCUT2D eigenvalue weighted by molar-refractivity contribution is 0.0997. The van der Waals surface area contributed by atoms with E-state index in [0.717, 1.165) is 5.56 Å². The number of aromatic nitrogens is 4. The van der Waals surface area contributed by atoms with Crippen LogP contribution in [0.5, 0.6) is 11.5 Å². The first kappa shape index (κ1) is 23.4. The van der Waals surface area contributed by atoms with Crippen LogP contribution in [0, 0.1) is 6.92 Å². The number of azo groups is 1. The van der Waals surface area contributed by atoms with Gasteiger partial charge in [-0.3, -0.25) is 4.79 Å². The molecule has 1 amide bonds. The first-order valence-electron chi connectivity index (χ1n) is 11.1. The second-order valence-corrected chi connectivity index (χ2v) is 8.14. The Morgan fingerprint density at radius 2 is 1.73 bits per heavy atom. The molecule has 0 saturated heterocycles. The summed E-state index contributed by atoms with van der Waals surface area (Å²) in [5.74, 6) is -1.13. The predicted octanol–water partition coefficient (Wildman–Crippen LogP) is 4.31. The Kier molecular flexibility index (Phi) is 5.94. The van der Waals surface area contributed by atoms with Gasteiger partial charge >= 0.3 is 5.69 Å². The van der Waals surface area contributed by atoms with Gasteiger partial charge in [0.1, 0.15) is 5.52 Å². The molecule has 2 heterocycles. The van der Waals surface area contributed by atoms with E-state index in [9.17, 15) is 14.7 Å². The normalized spacial score (nSPS) is 11.3. The van der Waals surface area contributed by atoms with Crippen molar-refractivity contribution < 1.29 is 14.6 Å². The summed E-state index contributed by atoms with van der Waals surface area (Å²) in [6, 6.07) is 19.2. The number of carbonyl (C=O) groups is 1. The number of nitrogens with two attached hydrogens (primary N) is 1. The third kappa shape index (κ3) is 4.41. The Balaban J connectivity index is 1.72. The average Bonchev–Trinajstić information content (AvgIpc) is 3.24. The Hall–Kier alpha value is -5.32. The lowest BCUT2D eigenvalue weighted by Crippen LogP contribution is -2.15. The van der Waals surface area contributed by atoms with Gasteiger partial charge in [-0.2, -0.15) is 10.2 Å². The fraction of sp³-hybridized carbons (Fsp3) is 0.0769. The fourth-order valence-corrected chi connectivity index (χ4v) is 3.80. The lowest BCUT2D eigenvalue weighted by Gasteiger charge is -2.11. The van der Waals surface area contributed by atoms with Crippen molar-refractivity contribution in [2.24, 2.45) is 16.0 Å². The van der Waals surface area contributed by atoms with Crippen LogP contribution in [0.25, 0.3) is 28.2 Å². The van der Waals surface area contributed by atoms with Crippen LogP contribution in [-0.4, -0.2) is 37.6 Å². The molecule has 37 heavy (non-hydrogen) atoms. The van der Waals surface area contributed by atoms with E-state index in [1.807, 2.05) is 31.2 Å². The summed E-state index contributed by atoms with van der Waals surface area (Å²) in [5, 5.41) is 19.4. The zero-order valence-electron chi connectivity index (χ0n) is 19.8. The number of rotatable bonds is 6. The molecule has 5 aromatic rings. The minimum atomic E-state index is -0.878. The molecule has 0 unspecified atom stereocenters. The number of imidazole rings is 1. The van der Waals surface area contributed by atoms with Crippen molar-refractivity contribution in [3.8, 4) is 28.6 Å². The molecule has 2 aromatic heterocycles. The van der Waals surface area contributed by atoms with Gasteiger partial charge in [0.15, 0.2) is 28.7 Å². The summed E-state index contributed by atoms with van der Waals surface area (Å²) < 4.78 is 6.61. The van der Waals surface area contributed by atoms with Gasteiger partial charge in [-0.25, -0.2) is 19.3 Å². The fourth-order valence-electron chi connectivity index (χ4n) is 3.80. The van der Waals surface area contributed by atoms with Crippen LogP contribution >= 0.6 is 0 Å². The molecule has 11 nitrogen and oxygen atoms in total. The van der Waals surface area contributed by atoms with E-state index < -0.39 is 11.6 Å². The number of hydrogen-bond donors (Lipinski definition) is 3. The van der Waals surface area contributed by atoms with E-state index >= 15 is 0 Å². The molecule has 0 atom stereocenters. The summed E-state index contributed by atoms with van der Waals surface area (Å²) >= 11 is 0. The second kappa shape index (κ2) is 9.38. The smallest absolute Gasteiger partial charge is 0.332 e. The first-order chi connectivity index (χ1) is 17.9. The van der Waals surface area contributed by atoms with Gasteiger partial charge in [-0.15, -0.1) is 0 Å². The molecule has 0 aliphatic rings. The van der Waals surface area contributed by atoms with Crippen molar-refractivity contribution in [2.75, 3.05) is 7.11 Å². The minimum Gasteiger partial charge on any atom is -0.504 e. The highest BCUT2D eigenvalue weighted by atomic mass is 16.5. The third-order valence-electron chi connectivity index (χ3n) is 5.62. The monoisotopic (exact) mass is 495 g/mol. The number of aromatic amines is 1. The van der Waals surface area contributed by atoms with Gasteiger partial charge in [0.25, 0.3) is 5.91 Å². The van der Waals surface area contributed by atoms with Crippen LogP contribution in [0.4, 0.5) is 11.4 Å². The second-order valence-electron chi connectivity index (χ2n) is 8.14. The van der Waals surface area contributed by atoms with Gasteiger partial charge in [0.2, 0.25) is 0 Å². The largest absolute Gasteiger partial charge is 0.504 e. The third-order valence-corrected chi connectivity index (χ3v) is 5.62. The molecule has 3 aromatic carbocycles. The number of amides is 1. The number of phenols is 1. The molecule has 5 rings (SSSR count). The molecule has 0 aliphatic carbocycles. The molecular weight excluding hydrogens is 474 g/mol. The number of ether oxygens (including phenoxy) is 1. The van der Waals surface area contributed by atoms with E-state index in [4.69, 9.17) is 10.5 Å². The average molecular weight is 495 g/mol. The van der Waals surface area contributed by atoms with Gasteiger partial charge in [-0.05, 0) is 37.3 Å². The van der Waals surface area contributed by atoms with Crippen LogP contribution in [0.2, 0.25) is 0 Å². The van der Waals surface area contributed by atoms with Crippen LogP contribution in [-0.2, 0) is 0 Å². The predicted molar refractivity (Wildman–Crippen MR) is 137 cm³/mol. The molecule has 0 fully saturated rings. The number of hydrogen-bond acceptors (Lipinski definition) is 8. The summed E-state index contributed by atoms with van der Waals surface area (Å²) in [6.07, 6.45) is 0. The topological polar surface area (TPSA) is 161 Å². The number of para-hydroxylation sites is 1. The van der Waals surface area contributed by atoms with E-state index in [-0.39, 0.29) is 39.7 Å². The number of aromatic hydroxyl groups is 1. The van der Waals surface area contributed by atoms with Gasteiger partial charge in [0.05, 0.1) is 29.7 Å². The summed E-state index contributed by atoms with van der Waals surface area (Å²) in [5.41, 5.74) is 7.71. The van der Waals surface area contributed by atoms with E-state index in [1.54, 1.807) is 30.3 Å². The van der Waals surface area contributed by atoms with Crippen molar-refractivity contribution in [3.63, 3.8) is 0 Å². The minimum absolute atomic E-state index is 0.0619. The van der Waals surface area contributed by atoms with Gasteiger partial charge in [0, 0.05) is 6.07 Å². The number of H-pyrrole nitrogens is 1. The van der Waals surface area contributed by atoms with Crippen LogP contribution in [0.1, 0.15) is 16.1 Å². The van der Waals surface area contributed by atoms with Crippen molar-refractivity contribution in [1.29, 1.82) is 0 Å². The molecule has 11 heteroatoms. The Morgan fingerprint density at radius 3 is 2.41 bits per heavy atom. The number of methoxy groups -OCH3 is 1. The Labute approximate surface area is 209 Å². The number of nitrogens with zero attached hydrogens (tertiary/aromatic N) is 5. The zero-order chi connectivity index (χ0) is 26.1. The number of carbonyl (C=O) groups excluding carboxylic acids is 1. The maximum absolute atomic E-state index is 12.8. The van der Waals surface area contributed by atoms with Crippen molar-refractivity contribution >= 4 is 28.4 Å². The Bertz CT molecular complexity index is 1720. The highest BCUT2D eigenvalue weighted by molar-refractivity contribution is 6.02. The Morgan fingerprint density at radius 1 is 1.03 bits per heavy atom. The first-order valence-corrected chi connectivity index (χ1v) is 11.1. The lowest BCUT2D eigenvalue weighted by atomic mass is 10.1. The SMILES string of the molecule is COc1cc(N=Nc2ccc(C)cc2)cc(-c2nc(C(N)=O)c3[nH]c(=O)n(-c4ccccc4)c3n2)c1O. The van der Waals surface area contributed by atoms with Crippen LogP contribution < -0.4 is 16.2 Å². The number of phenolic OH excluding ortho intramolecular Hbond substituents is 1. The molecule has 4 N–H and O–H groups in total. The maximum Gasteiger partial charge on any atom is 0.332 e. The molecule has 184 valence electrons. The number of primary amides is 1. The van der Waals surface area contributed by atoms with E-state index in [0.29, 0.717) is 17.1 Å². The highest BCUT2D eigenvalue weighted by Gasteiger charge is 2.23. The summed E-state index contributed by atoms with van der Waals surface area (Å²) in [4.78, 5) is 36.5. The van der Waals surface area contributed by atoms with Crippen LogP contribution in [0.15, 0.2) is 81.8 Å². The van der Waals surface area contributed by atoms with E-state index in [1.165, 1.54) is 23.8 Å². The van der Waals surface area contributed by atoms with Gasteiger partial charge < -0.3 is 20.6 Å². The molecule has 0 aliphatic heterocycles. The van der Waals surface area contributed by atoms with Crippen molar-refractivity contribution in [2.45, 2.75) is 6.92 Å². The van der Waals surface area contributed by atoms with Crippen molar-refractivity contribution in [3.05, 3.63) is 88.5 Å². The molecule has 0 radical (unpaired) electrons. The zero-order valence-corrected chi connectivity index (χ0v) is 19.8.